The summed E-state index contributed by atoms with van der Waals surface area (Å²) >= 11 is 1.55. The first-order chi connectivity index (χ1) is 12.5. The van der Waals surface area contributed by atoms with Crippen LogP contribution in [0.5, 0.6) is 0 Å². The summed E-state index contributed by atoms with van der Waals surface area (Å²) in [5.41, 5.74) is 5.31. The van der Waals surface area contributed by atoms with Crippen LogP contribution in [0.4, 0.5) is 0 Å². The van der Waals surface area contributed by atoms with Gasteiger partial charge in [-0.2, -0.15) is 4.99 Å². The van der Waals surface area contributed by atoms with E-state index in [1.54, 1.807) is 11.3 Å². The number of thiazole rings is 1. The molecule has 0 aliphatic heterocycles. The highest BCUT2D eigenvalue weighted by atomic mass is 32.1. The van der Waals surface area contributed by atoms with Gasteiger partial charge in [0.15, 0.2) is 4.80 Å². The lowest BCUT2D eigenvalue weighted by molar-refractivity contribution is 0.0996. The second-order valence-electron chi connectivity index (χ2n) is 6.42. The van der Waals surface area contributed by atoms with Crippen LogP contribution in [-0.2, 0) is 11.3 Å². The second-order valence-corrected chi connectivity index (χ2v) is 7.43. The monoisotopic (exact) mass is 368 g/mol. The summed E-state index contributed by atoms with van der Waals surface area (Å²) in [6, 6.07) is 11.9. The summed E-state index contributed by atoms with van der Waals surface area (Å²) < 4.78 is 8.76. The number of aromatic nitrogens is 1. The lowest BCUT2D eigenvalue weighted by Crippen LogP contribution is -2.19. The number of hydrogen-bond donors (Lipinski definition) is 0. The van der Waals surface area contributed by atoms with E-state index in [1.165, 1.54) is 11.1 Å². The second kappa shape index (κ2) is 7.98. The first-order valence-electron chi connectivity index (χ1n) is 8.83. The molecule has 0 bridgehead atoms. The summed E-state index contributed by atoms with van der Waals surface area (Å²) in [6.07, 6.45) is 0. The molecule has 0 spiro atoms. The Hall–Kier alpha value is -2.24. The Bertz CT molecular complexity index is 997. The summed E-state index contributed by atoms with van der Waals surface area (Å²) in [7, 11) is 0. The van der Waals surface area contributed by atoms with Crippen molar-refractivity contribution in [2.75, 3.05) is 13.2 Å². The van der Waals surface area contributed by atoms with Gasteiger partial charge < -0.3 is 9.30 Å². The molecule has 0 aliphatic carbocycles. The van der Waals surface area contributed by atoms with Crippen molar-refractivity contribution in [2.24, 2.45) is 4.99 Å². The molecule has 1 amide bonds. The third-order valence-electron chi connectivity index (χ3n) is 4.46. The third kappa shape index (κ3) is 3.94. The number of fused-ring (bicyclic) bond motifs is 1. The van der Waals surface area contributed by atoms with E-state index in [-0.39, 0.29) is 5.91 Å². The standard InChI is InChI=1S/C21H24N2O2S/c1-5-25-11-10-23-18-12-15(3)16(4)13-19(18)26-21(23)22-20(24)17-8-6-14(2)7-9-17/h6-9,12-13H,5,10-11H2,1-4H3. The van der Waals surface area contributed by atoms with Crippen molar-refractivity contribution in [2.45, 2.75) is 34.2 Å². The van der Waals surface area contributed by atoms with Gasteiger partial charge in [0.2, 0.25) is 0 Å². The molecule has 3 rings (SSSR count). The predicted octanol–water partition coefficient (Wildman–Crippen LogP) is 4.41. The van der Waals surface area contributed by atoms with E-state index in [2.05, 4.69) is 35.5 Å². The van der Waals surface area contributed by atoms with Crippen LogP contribution in [0.15, 0.2) is 41.4 Å². The van der Waals surface area contributed by atoms with E-state index >= 15 is 0 Å². The Morgan fingerprint density at radius 1 is 1.12 bits per heavy atom. The van der Waals surface area contributed by atoms with Crippen molar-refractivity contribution in [1.82, 2.24) is 4.57 Å². The molecule has 5 heteroatoms. The molecule has 4 nitrogen and oxygen atoms in total. The van der Waals surface area contributed by atoms with Crippen molar-refractivity contribution in [1.29, 1.82) is 0 Å². The normalized spacial score (nSPS) is 12.1. The molecule has 0 radical (unpaired) electrons. The number of amides is 1. The van der Waals surface area contributed by atoms with Crippen molar-refractivity contribution in [3.63, 3.8) is 0 Å². The third-order valence-corrected chi connectivity index (χ3v) is 5.50. The molecule has 0 unspecified atom stereocenters. The topological polar surface area (TPSA) is 43.6 Å². The number of aryl methyl sites for hydroxylation is 3. The highest BCUT2D eigenvalue weighted by Gasteiger charge is 2.10. The Kier molecular flexibility index (Phi) is 5.69. The minimum absolute atomic E-state index is 0.213. The first kappa shape index (κ1) is 18.5. The van der Waals surface area contributed by atoms with Gasteiger partial charge in [-0.3, -0.25) is 4.79 Å². The highest BCUT2D eigenvalue weighted by Crippen LogP contribution is 2.22. The molecule has 0 N–H and O–H groups in total. The molecule has 3 aromatic rings. The molecule has 136 valence electrons. The SMILES string of the molecule is CCOCCn1c(=NC(=O)c2ccc(C)cc2)sc2cc(C)c(C)cc21. The molecular formula is C21H24N2O2S. The number of nitrogens with zero attached hydrogens (tertiary/aromatic N) is 2. The van der Waals surface area contributed by atoms with Gasteiger partial charge in [-0.25, -0.2) is 0 Å². The molecule has 0 saturated heterocycles. The van der Waals surface area contributed by atoms with Gasteiger partial charge in [0, 0.05) is 18.7 Å². The van der Waals surface area contributed by atoms with E-state index in [1.807, 2.05) is 38.1 Å². The van der Waals surface area contributed by atoms with E-state index in [0.29, 0.717) is 25.3 Å². The fourth-order valence-corrected chi connectivity index (χ4v) is 3.91. The van der Waals surface area contributed by atoms with Crippen molar-refractivity contribution < 1.29 is 9.53 Å². The van der Waals surface area contributed by atoms with Gasteiger partial charge in [0.1, 0.15) is 0 Å². The first-order valence-corrected chi connectivity index (χ1v) is 9.65. The highest BCUT2D eigenvalue weighted by molar-refractivity contribution is 7.16. The largest absolute Gasteiger partial charge is 0.380 e. The Morgan fingerprint density at radius 2 is 1.81 bits per heavy atom. The Morgan fingerprint density at radius 3 is 2.50 bits per heavy atom. The molecule has 0 atom stereocenters. The average Bonchev–Trinajstić information content (AvgIpc) is 2.92. The quantitative estimate of drug-likeness (QED) is 0.626. The van der Waals surface area contributed by atoms with E-state index in [4.69, 9.17) is 4.74 Å². The molecule has 1 heterocycles. The Labute approximate surface area is 157 Å². The van der Waals surface area contributed by atoms with Crippen LogP contribution in [-0.4, -0.2) is 23.7 Å². The van der Waals surface area contributed by atoms with E-state index < -0.39 is 0 Å². The van der Waals surface area contributed by atoms with Gasteiger partial charge in [0.25, 0.3) is 5.91 Å². The molecule has 0 fully saturated rings. The summed E-state index contributed by atoms with van der Waals surface area (Å²) in [5.74, 6) is -0.213. The van der Waals surface area contributed by atoms with Crippen LogP contribution in [0.2, 0.25) is 0 Å². The summed E-state index contributed by atoms with van der Waals surface area (Å²) in [4.78, 5) is 17.8. The Balaban J connectivity index is 2.09. The predicted molar refractivity (Wildman–Crippen MR) is 107 cm³/mol. The fraction of sp³-hybridized carbons (Fsp3) is 0.333. The molecular weight excluding hydrogens is 344 g/mol. The smallest absolute Gasteiger partial charge is 0.279 e. The lowest BCUT2D eigenvalue weighted by atomic mass is 10.1. The minimum atomic E-state index is -0.213. The lowest BCUT2D eigenvalue weighted by Gasteiger charge is -2.07. The molecule has 1 aromatic heterocycles. The number of hydrogen-bond acceptors (Lipinski definition) is 3. The molecule has 0 saturated carbocycles. The maximum atomic E-state index is 12.6. The average molecular weight is 369 g/mol. The zero-order valence-electron chi connectivity index (χ0n) is 15.7. The number of carbonyl (C=O) groups is 1. The number of carbonyl (C=O) groups excluding carboxylic acids is 1. The van der Waals surface area contributed by atoms with E-state index in [0.717, 1.165) is 20.6 Å². The van der Waals surface area contributed by atoms with Crippen LogP contribution in [0.25, 0.3) is 10.2 Å². The maximum absolute atomic E-state index is 12.6. The van der Waals surface area contributed by atoms with Gasteiger partial charge >= 0.3 is 0 Å². The van der Waals surface area contributed by atoms with Crippen LogP contribution in [0, 0.1) is 20.8 Å². The number of ether oxygens (including phenoxy) is 1. The zero-order chi connectivity index (χ0) is 18.7. The van der Waals surface area contributed by atoms with Crippen LogP contribution in [0.1, 0.15) is 34.0 Å². The molecule has 2 aromatic carbocycles. The van der Waals surface area contributed by atoms with Crippen LogP contribution in [0.3, 0.4) is 0 Å². The van der Waals surface area contributed by atoms with Gasteiger partial charge in [-0.1, -0.05) is 29.0 Å². The van der Waals surface area contributed by atoms with E-state index in [9.17, 15) is 4.79 Å². The van der Waals surface area contributed by atoms with Crippen LogP contribution < -0.4 is 4.80 Å². The maximum Gasteiger partial charge on any atom is 0.279 e. The van der Waals surface area contributed by atoms with Crippen LogP contribution >= 0.6 is 11.3 Å². The molecule has 26 heavy (non-hydrogen) atoms. The zero-order valence-corrected chi connectivity index (χ0v) is 16.5. The molecule has 0 aliphatic rings. The van der Waals surface area contributed by atoms with Gasteiger partial charge in [-0.05, 0) is 63.1 Å². The minimum Gasteiger partial charge on any atom is -0.380 e. The number of benzene rings is 2. The van der Waals surface area contributed by atoms with Crippen molar-refractivity contribution in [3.8, 4) is 0 Å². The summed E-state index contributed by atoms with van der Waals surface area (Å²) in [6.45, 7) is 10.1. The van der Waals surface area contributed by atoms with Crippen molar-refractivity contribution >= 4 is 27.5 Å². The summed E-state index contributed by atoms with van der Waals surface area (Å²) in [5, 5.41) is 0. The van der Waals surface area contributed by atoms with Gasteiger partial charge in [0.05, 0.1) is 16.8 Å². The van der Waals surface area contributed by atoms with Gasteiger partial charge in [-0.15, -0.1) is 0 Å². The van der Waals surface area contributed by atoms with Crippen molar-refractivity contribution in [3.05, 3.63) is 63.5 Å². The fourth-order valence-electron chi connectivity index (χ4n) is 2.77. The number of rotatable bonds is 5.